The van der Waals surface area contributed by atoms with Crippen molar-refractivity contribution in [3.8, 4) is 0 Å². The molecule has 0 aromatic rings. The fraction of sp³-hybridized carbons (Fsp3) is 0.895. The average Bonchev–Trinajstić information content (AvgIpc) is 2.62. The fourth-order valence-corrected chi connectivity index (χ4v) is 4.09. The first-order valence-corrected chi connectivity index (χ1v) is 10.6. The summed E-state index contributed by atoms with van der Waals surface area (Å²) in [6, 6.07) is 1.04. The lowest BCUT2D eigenvalue weighted by atomic mass is 9.72. The molecule has 1 saturated carbocycles. The molecule has 28 heavy (non-hydrogen) atoms. The van der Waals surface area contributed by atoms with Gasteiger partial charge in [-0.2, -0.15) is 0 Å². The first-order chi connectivity index (χ1) is 13.3. The van der Waals surface area contributed by atoms with Gasteiger partial charge in [-0.3, -0.25) is 9.59 Å². The molecule has 1 saturated heterocycles. The van der Waals surface area contributed by atoms with Gasteiger partial charge in [-0.1, -0.05) is 13.8 Å². The maximum absolute atomic E-state index is 12.3. The van der Waals surface area contributed by atoms with Crippen molar-refractivity contribution in [3.63, 3.8) is 0 Å². The molecular weight excluding hydrogens is 361 g/mol. The monoisotopic (exact) mass is 397 g/mol. The van der Waals surface area contributed by atoms with Crippen molar-refractivity contribution in [2.75, 3.05) is 13.1 Å². The van der Waals surface area contributed by atoms with Crippen molar-refractivity contribution < 1.29 is 24.4 Å². The molecule has 2 rings (SSSR count). The van der Waals surface area contributed by atoms with Crippen LogP contribution in [-0.2, 0) is 14.2 Å². The molecule has 0 aromatic carbocycles. The number of nitrogens with one attached hydrogen (secondary N) is 3. The zero-order valence-electron chi connectivity index (χ0n) is 17.2. The maximum Gasteiger partial charge on any atom is 0.478 e. The minimum absolute atomic E-state index is 0.0538. The van der Waals surface area contributed by atoms with Gasteiger partial charge in [0.15, 0.2) is 0 Å². The second-order valence-corrected chi connectivity index (χ2v) is 8.48. The molecule has 1 amide bonds. The highest BCUT2D eigenvalue weighted by atomic mass is 16.5. The van der Waals surface area contributed by atoms with Crippen molar-refractivity contribution in [3.05, 3.63) is 0 Å². The van der Waals surface area contributed by atoms with Crippen LogP contribution in [0.25, 0.3) is 0 Å². The Kier molecular flexibility index (Phi) is 9.71. The summed E-state index contributed by atoms with van der Waals surface area (Å²) in [6.07, 6.45) is 5.17. The summed E-state index contributed by atoms with van der Waals surface area (Å²) in [7, 11) is -1.14. The van der Waals surface area contributed by atoms with Crippen molar-refractivity contribution in [2.24, 2.45) is 5.92 Å². The third-order valence-electron chi connectivity index (χ3n) is 5.66. The Morgan fingerprint density at radius 2 is 1.79 bits per heavy atom. The maximum atomic E-state index is 12.3. The Morgan fingerprint density at radius 3 is 2.39 bits per heavy atom. The van der Waals surface area contributed by atoms with Crippen LogP contribution >= 0.6 is 0 Å². The third kappa shape index (κ3) is 8.47. The largest absolute Gasteiger partial charge is 0.481 e. The summed E-state index contributed by atoms with van der Waals surface area (Å²) in [6.45, 7) is 6.22. The topological polar surface area (TPSA) is 120 Å². The summed E-state index contributed by atoms with van der Waals surface area (Å²) < 4.78 is 5.32. The van der Waals surface area contributed by atoms with Crippen molar-refractivity contribution in [2.45, 2.75) is 89.3 Å². The van der Waals surface area contributed by atoms with Crippen LogP contribution in [0, 0.1) is 5.92 Å². The predicted molar refractivity (Wildman–Crippen MR) is 108 cm³/mol. The van der Waals surface area contributed by atoms with E-state index in [1.165, 1.54) is 0 Å². The van der Waals surface area contributed by atoms with Crippen LogP contribution in [0.4, 0.5) is 0 Å². The summed E-state index contributed by atoms with van der Waals surface area (Å²) in [5.41, 5.74) is 0. The van der Waals surface area contributed by atoms with E-state index in [9.17, 15) is 14.6 Å². The summed E-state index contributed by atoms with van der Waals surface area (Å²) in [5, 5.41) is 28.7. The highest BCUT2D eigenvalue weighted by Gasteiger charge is 2.37. The SMILES string of the molecule is CC(C)NCCNC1CCC(CC(=O)N[C@H]2CC[C@@H](CC(=O)O)OB2O)CC1. The van der Waals surface area contributed by atoms with Crippen molar-refractivity contribution >= 4 is 19.0 Å². The van der Waals surface area contributed by atoms with Gasteiger partial charge in [0.25, 0.3) is 0 Å². The van der Waals surface area contributed by atoms with Gasteiger partial charge in [0.2, 0.25) is 5.91 Å². The molecule has 2 aliphatic rings. The van der Waals surface area contributed by atoms with Gasteiger partial charge < -0.3 is 30.7 Å². The van der Waals surface area contributed by atoms with E-state index >= 15 is 0 Å². The quantitative estimate of drug-likeness (QED) is 0.272. The van der Waals surface area contributed by atoms with Crippen molar-refractivity contribution in [1.82, 2.24) is 16.0 Å². The summed E-state index contributed by atoms with van der Waals surface area (Å²) in [4.78, 5) is 23.1. The van der Waals surface area contributed by atoms with E-state index < -0.39 is 25.1 Å². The highest BCUT2D eigenvalue weighted by molar-refractivity contribution is 6.45. The molecule has 0 bridgehead atoms. The number of carbonyl (C=O) groups excluding carboxylic acids is 1. The molecule has 5 N–H and O–H groups in total. The van der Waals surface area contributed by atoms with Crippen LogP contribution in [0.2, 0.25) is 0 Å². The molecular formula is C19H36BN3O5. The second-order valence-electron chi connectivity index (χ2n) is 8.48. The minimum atomic E-state index is -1.14. The van der Waals surface area contributed by atoms with Crippen LogP contribution in [-0.4, -0.2) is 66.3 Å². The van der Waals surface area contributed by atoms with Crippen LogP contribution in [0.15, 0.2) is 0 Å². The summed E-state index contributed by atoms with van der Waals surface area (Å²) >= 11 is 0. The van der Waals surface area contributed by atoms with E-state index in [2.05, 4.69) is 29.8 Å². The number of hydrogen-bond acceptors (Lipinski definition) is 6. The number of carboxylic acid groups (broad SMARTS) is 1. The highest BCUT2D eigenvalue weighted by Crippen LogP contribution is 2.27. The Bertz CT molecular complexity index is 500. The van der Waals surface area contributed by atoms with E-state index in [-0.39, 0.29) is 12.3 Å². The molecule has 1 aliphatic carbocycles. The molecule has 160 valence electrons. The van der Waals surface area contributed by atoms with Gasteiger partial charge in [-0.25, -0.2) is 0 Å². The van der Waals surface area contributed by atoms with Gasteiger partial charge in [-0.15, -0.1) is 0 Å². The normalized spacial score (nSPS) is 28.4. The molecule has 8 nitrogen and oxygen atoms in total. The van der Waals surface area contributed by atoms with Crippen molar-refractivity contribution in [1.29, 1.82) is 0 Å². The van der Waals surface area contributed by atoms with Gasteiger partial charge in [-0.05, 0) is 44.4 Å². The lowest BCUT2D eigenvalue weighted by Gasteiger charge is -2.32. The smallest absolute Gasteiger partial charge is 0.478 e. The lowest BCUT2D eigenvalue weighted by Crippen LogP contribution is -2.53. The zero-order valence-corrected chi connectivity index (χ0v) is 17.2. The number of rotatable bonds is 10. The van der Waals surface area contributed by atoms with Gasteiger partial charge in [0, 0.05) is 31.6 Å². The molecule has 0 aromatic heterocycles. The molecule has 0 unspecified atom stereocenters. The lowest BCUT2D eigenvalue weighted by molar-refractivity contribution is -0.139. The first kappa shape index (κ1) is 23.1. The molecule has 1 heterocycles. The van der Waals surface area contributed by atoms with Crippen LogP contribution < -0.4 is 16.0 Å². The van der Waals surface area contributed by atoms with Crippen LogP contribution in [0.5, 0.6) is 0 Å². The summed E-state index contributed by atoms with van der Waals surface area (Å²) in [5.74, 6) is -1.07. The van der Waals surface area contributed by atoms with Crippen LogP contribution in [0.1, 0.15) is 65.2 Å². The Hall–Kier alpha value is -1.16. The number of hydrogen-bond donors (Lipinski definition) is 5. The third-order valence-corrected chi connectivity index (χ3v) is 5.66. The standard InChI is InChI=1S/C19H36BN3O5/c1-13(2)21-9-10-22-15-5-3-14(4-6-15)11-18(24)23-17-8-7-16(12-19(25)26)28-20(17)27/h13-17,21-22,27H,3-12H2,1-2H3,(H,23,24)(H,25,26)/t14?,15?,16-,17-/m0/s1. The van der Waals surface area contributed by atoms with E-state index in [1.54, 1.807) is 0 Å². The van der Waals surface area contributed by atoms with E-state index in [0.29, 0.717) is 37.3 Å². The number of carbonyl (C=O) groups is 2. The number of amides is 1. The van der Waals surface area contributed by atoms with Gasteiger partial charge in [0.05, 0.1) is 18.5 Å². The first-order valence-electron chi connectivity index (χ1n) is 10.6. The Balaban J connectivity index is 1.60. The molecule has 9 heteroatoms. The number of aliphatic carboxylic acids is 1. The predicted octanol–water partition coefficient (Wildman–Crippen LogP) is 0.681. The van der Waals surface area contributed by atoms with Crippen LogP contribution in [0.3, 0.4) is 0 Å². The van der Waals surface area contributed by atoms with Gasteiger partial charge in [0.1, 0.15) is 0 Å². The molecule has 2 atom stereocenters. The molecule has 1 aliphatic heterocycles. The molecule has 0 spiro atoms. The molecule has 0 radical (unpaired) electrons. The van der Waals surface area contributed by atoms with E-state index in [1.807, 2.05) is 0 Å². The van der Waals surface area contributed by atoms with Gasteiger partial charge >= 0.3 is 13.1 Å². The minimum Gasteiger partial charge on any atom is -0.481 e. The number of carboxylic acids is 1. The molecule has 2 fully saturated rings. The second kappa shape index (κ2) is 11.8. The van der Waals surface area contributed by atoms with E-state index in [0.717, 1.165) is 38.8 Å². The fourth-order valence-electron chi connectivity index (χ4n) is 4.09. The average molecular weight is 397 g/mol. The zero-order chi connectivity index (χ0) is 20.5. The Labute approximate surface area is 168 Å². The van der Waals surface area contributed by atoms with E-state index in [4.69, 9.17) is 9.76 Å². The Morgan fingerprint density at radius 1 is 1.07 bits per heavy atom.